The van der Waals surface area contributed by atoms with Crippen LogP contribution in [0.25, 0.3) is 0 Å². The Bertz CT molecular complexity index is 664. The van der Waals surface area contributed by atoms with Gasteiger partial charge in [-0.05, 0) is 24.1 Å². The van der Waals surface area contributed by atoms with Crippen LogP contribution in [0.5, 0.6) is 5.75 Å². The highest BCUT2D eigenvalue weighted by molar-refractivity contribution is 7.89. The van der Waals surface area contributed by atoms with Crippen molar-refractivity contribution in [2.24, 2.45) is 11.1 Å². The van der Waals surface area contributed by atoms with E-state index in [9.17, 15) is 18.5 Å². The summed E-state index contributed by atoms with van der Waals surface area (Å²) >= 11 is 0. The number of methoxy groups -OCH3 is 1. The van der Waals surface area contributed by atoms with Crippen molar-refractivity contribution < 1.29 is 18.1 Å². The van der Waals surface area contributed by atoms with E-state index in [1.165, 1.54) is 26.3 Å². The molecule has 0 aliphatic rings. The lowest BCUT2D eigenvalue weighted by atomic mass is 9.94. The van der Waals surface area contributed by atoms with Crippen LogP contribution in [0.2, 0.25) is 0 Å². The highest BCUT2D eigenvalue weighted by atomic mass is 35.5. The molecule has 0 fully saturated rings. The first-order valence-electron chi connectivity index (χ1n) is 6.54. The summed E-state index contributed by atoms with van der Waals surface area (Å²) in [6, 6.07) is 3.56. The van der Waals surface area contributed by atoms with Gasteiger partial charge in [-0.15, -0.1) is 12.4 Å². The second kappa shape index (κ2) is 7.91. The number of hydrogen-bond acceptors (Lipinski definition) is 6. The van der Waals surface area contributed by atoms with Crippen LogP contribution in [-0.2, 0) is 10.0 Å². The summed E-state index contributed by atoms with van der Waals surface area (Å²) in [5.41, 5.74) is 4.81. The van der Waals surface area contributed by atoms with Gasteiger partial charge >= 0.3 is 5.69 Å². The Morgan fingerprint density at radius 3 is 2.39 bits per heavy atom. The Morgan fingerprint density at radius 2 is 1.96 bits per heavy atom. The molecule has 1 aromatic rings. The van der Waals surface area contributed by atoms with E-state index in [2.05, 4.69) is 0 Å². The Morgan fingerprint density at radius 1 is 1.39 bits per heavy atom. The van der Waals surface area contributed by atoms with E-state index in [-0.39, 0.29) is 29.6 Å². The molecule has 132 valence electrons. The van der Waals surface area contributed by atoms with E-state index in [1.54, 1.807) is 0 Å². The molecule has 0 spiro atoms. The van der Waals surface area contributed by atoms with Crippen LogP contribution in [0.1, 0.15) is 13.8 Å². The molecule has 0 saturated heterocycles. The highest BCUT2D eigenvalue weighted by Gasteiger charge is 2.29. The molecule has 1 rings (SSSR count). The van der Waals surface area contributed by atoms with E-state index in [0.29, 0.717) is 6.54 Å². The van der Waals surface area contributed by atoms with Crippen LogP contribution in [0.4, 0.5) is 5.69 Å². The maximum absolute atomic E-state index is 12.5. The highest BCUT2D eigenvalue weighted by Crippen LogP contribution is 2.30. The monoisotopic (exact) mass is 367 g/mol. The largest absolute Gasteiger partial charge is 0.490 e. The Balaban J connectivity index is 0.00000484. The fourth-order valence-corrected chi connectivity index (χ4v) is 3.29. The van der Waals surface area contributed by atoms with Crippen molar-refractivity contribution in [3.63, 3.8) is 0 Å². The van der Waals surface area contributed by atoms with Gasteiger partial charge in [0.1, 0.15) is 0 Å². The minimum Gasteiger partial charge on any atom is -0.490 e. The van der Waals surface area contributed by atoms with Gasteiger partial charge in [0.25, 0.3) is 0 Å². The second-order valence-electron chi connectivity index (χ2n) is 5.72. The molecule has 0 amide bonds. The lowest BCUT2D eigenvalue weighted by Gasteiger charge is -2.28. The average molecular weight is 368 g/mol. The third-order valence-corrected chi connectivity index (χ3v) is 5.06. The number of nitrogens with two attached hydrogens (primary N) is 1. The summed E-state index contributed by atoms with van der Waals surface area (Å²) in [5, 5.41) is 11.0. The van der Waals surface area contributed by atoms with Gasteiger partial charge in [0.05, 0.1) is 16.9 Å². The molecule has 0 radical (unpaired) electrons. The molecule has 0 atom stereocenters. The molecule has 0 saturated carbocycles. The summed E-state index contributed by atoms with van der Waals surface area (Å²) in [4.78, 5) is 10.2. The normalized spacial score (nSPS) is 11.9. The Kier molecular flexibility index (Phi) is 7.42. The Labute approximate surface area is 142 Å². The van der Waals surface area contributed by atoms with Gasteiger partial charge in [-0.2, -0.15) is 0 Å². The number of ether oxygens (including phenoxy) is 1. The fraction of sp³-hybridized carbons (Fsp3) is 0.538. The zero-order chi connectivity index (χ0) is 17.1. The molecular weight excluding hydrogens is 346 g/mol. The van der Waals surface area contributed by atoms with Gasteiger partial charge in [0, 0.05) is 19.7 Å². The Hall–Kier alpha value is -1.42. The van der Waals surface area contributed by atoms with Crippen molar-refractivity contribution in [1.29, 1.82) is 0 Å². The van der Waals surface area contributed by atoms with Crippen LogP contribution in [0, 0.1) is 15.5 Å². The van der Waals surface area contributed by atoms with Crippen molar-refractivity contribution in [2.45, 2.75) is 18.7 Å². The topological polar surface area (TPSA) is 116 Å². The summed E-state index contributed by atoms with van der Waals surface area (Å²) < 4.78 is 31.1. The molecule has 23 heavy (non-hydrogen) atoms. The predicted octanol–water partition coefficient (Wildman–Crippen LogP) is 1.63. The van der Waals surface area contributed by atoms with Crippen LogP contribution in [0.3, 0.4) is 0 Å². The van der Waals surface area contributed by atoms with Gasteiger partial charge in [-0.1, -0.05) is 13.8 Å². The lowest BCUT2D eigenvalue weighted by molar-refractivity contribution is -0.386. The van der Waals surface area contributed by atoms with Crippen molar-refractivity contribution in [3.05, 3.63) is 28.3 Å². The van der Waals surface area contributed by atoms with Gasteiger partial charge in [0.2, 0.25) is 10.0 Å². The fourth-order valence-electron chi connectivity index (χ4n) is 1.91. The maximum atomic E-state index is 12.5. The smallest absolute Gasteiger partial charge is 0.312 e. The molecule has 8 nitrogen and oxygen atoms in total. The molecule has 0 bridgehead atoms. The molecule has 0 aliphatic heterocycles. The number of benzene rings is 1. The number of sulfonamides is 1. The van der Waals surface area contributed by atoms with Crippen LogP contribution in [-0.4, -0.2) is 44.9 Å². The SMILES string of the molecule is COc1ccc(S(=O)(=O)N(C)CC(C)(C)CN)cc1[N+](=O)[O-].Cl. The second-order valence-corrected chi connectivity index (χ2v) is 7.77. The number of nitro groups is 1. The van der Waals surface area contributed by atoms with E-state index >= 15 is 0 Å². The summed E-state index contributed by atoms with van der Waals surface area (Å²) in [5.74, 6) is 0.00823. The first-order valence-corrected chi connectivity index (χ1v) is 7.98. The molecule has 1 aromatic carbocycles. The quantitative estimate of drug-likeness (QED) is 0.578. The van der Waals surface area contributed by atoms with Crippen molar-refractivity contribution in [3.8, 4) is 5.75 Å². The maximum Gasteiger partial charge on any atom is 0.312 e. The average Bonchev–Trinajstić information content (AvgIpc) is 2.45. The number of nitro benzene ring substituents is 1. The molecule has 10 heteroatoms. The van der Waals surface area contributed by atoms with Crippen LogP contribution >= 0.6 is 12.4 Å². The van der Waals surface area contributed by atoms with Crippen molar-refractivity contribution in [2.75, 3.05) is 27.2 Å². The molecular formula is C13H22ClN3O5S. The molecule has 0 heterocycles. The third kappa shape index (κ3) is 5.03. The summed E-state index contributed by atoms with van der Waals surface area (Å²) in [7, 11) is -1.14. The first kappa shape index (κ1) is 21.6. The van der Waals surface area contributed by atoms with E-state index in [0.717, 1.165) is 10.4 Å². The minimum absolute atomic E-state index is 0. The molecule has 0 aromatic heterocycles. The van der Waals surface area contributed by atoms with Crippen molar-refractivity contribution >= 4 is 28.1 Å². The van der Waals surface area contributed by atoms with Gasteiger partial charge < -0.3 is 10.5 Å². The number of hydrogen-bond donors (Lipinski definition) is 1. The van der Waals surface area contributed by atoms with E-state index in [4.69, 9.17) is 10.5 Å². The lowest BCUT2D eigenvalue weighted by Crippen LogP contribution is -2.39. The molecule has 0 unspecified atom stereocenters. The zero-order valence-corrected chi connectivity index (χ0v) is 15.1. The van der Waals surface area contributed by atoms with Gasteiger partial charge in [-0.25, -0.2) is 12.7 Å². The zero-order valence-electron chi connectivity index (χ0n) is 13.5. The first-order chi connectivity index (χ1) is 10.0. The number of rotatable bonds is 7. The minimum atomic E-state index is -3.85. The standard InChI is InChI=1S/C13H21N3O5S.ClH/c1-13(2,8-14)9-15(3)22(19,20)10-5-6-12(21-4)11(7-10)16(17)18;/h5-7H,8-9,14H2,1-4H3;1H. The number of halogens is 1. The van der Waals surface area contributed by atoms with Crippen LogP contribution in [0.15, 0.2) is 23.1 Å². The number of nitrogens with zero attached hydrogens (tertiary/aromatic N) is 2. The predicted molar refractivity (Wildman–Crippen MR) is 89.5 cm³/mol. The summed E-state index contributed by atoms with van der Waals surface area (Å²) in [6.07, 6.45) is 0. The molecule has 2 N–H and O–H groups in total. The van der Waals surface area contributed by atoms with Crippen LogP contribution < -0.4 is 10.5 Å². The van der Waals surface area contributed by atoms with E-state index < -0.39 is 26.0 Å². The third-order valence-electron chi connectivity index (χ3n) is 3.26. The molecule has 0 aliphatic carbocycles. The van der Waals surface area contributed by atoms with E-state index in [1.807, 2.05) is 13.8 Å². The summed E-state index contributed by atoms with van der Waals surface area (Å²) in [6.45, 7) is 4.20. The van der Waals surface area contributed by atoms with Gasteiger partial charge in [-0.3, -0.25) is 10.1 Å². The van der Waals surface area contributed by atoms with Gasteiger partial charge in [0.15, 0.2) is 5.75 Å². The van der Waals surface area contributed by atoms with Crippen molar-refractivity contribution in [1.82, 2.24) is 4.31 Å².